The topological polar surface area (TPSA) is 56.7 Å². The molecule has 1 heterocycles. The second kappa shape index (κ2) is 6.66. The van der Waals surface area contributed by atoms with Gasteiger partial charge in [0.05, 0.1) is 0 Å². The molecular formula is C17H18N4S. The van der Waals surface area contributed by atoms with Crippen molar-refractivity contribution in [2.24, 2.45) is 0 Å². The quantitative estimate of drug-likeness (QED) is 0.581. The average molecular weight is 310 g/mol. The molecule has 0 fully saturated rings. The Morgan fingerprint density at radius 2 is 1.68 bits per heavy atom. The third-order valence-electron chi connectivity index (χ3n) is 3.43. The van der Waals surface area contributed by atoms with Crippen LogP contribution in [0.2, 0.25) is 0 Å². The zero-order valence-electron chi connectivity index (χ0n) is 12.4. The molecule has 112 valence electrons. The first-order valence-corrected chi connectivity index (χ1v) is 8.12. The molecule has 0 aliphatic rings. The van der Waals surface area contributed by atoms with Crippen molar-refractivity contribution >= 4 is 11.8 Å². The Balaban J connectivity index is 1.68. The molecule has 0 spiro atoms. The maximum absolute atomic E-state index is 6.12. The number of nitrogens with zero attached hydrogens (tertiary/aromatic N) is 3. The van der Waals surface area contributed by atoms with Gasteiger partial charge in [0.25, 0.3) is 0 Å². The summed E-state index contributed by atoms with van der Waals surface area (Å²) >= 11 is 1.60. The molecule has 2 N–H and O–H groups in total. The molecule has 3 aromatic rings. The van der Waals surface area contributed by atoms with Gasteiger partial charge in [-0.3, -0.25) is 0 Å². The Hall–Kier alpha value is -2.27. The van der Waals surface area contributed by atoms with E-state index in [2.05, 4.69) is 53.5 Å². The van der Waals surface area contributed by atoms with E-state index in [1.54, 1.807) is 16.4 Å². The molecule has 4 nitrogen and oxygen atoms in total. The summed E-state index contributed by atoms with van der Waals surface area (Å²) in [7, 11) is 0. The van der Waals surface area contributed by atoms with Crippen molar-refractivity contribution in [2.75, 3.05) is 5.84 Å². The number of rotatable bonds is 5. The van der Waals surface area contributed by atoms with Gasteiger partial charge in [0.2, 0.25) is 5.16 Å². The molecule has 0 bridgehead atoms. The van der Waals surface area contributed by atoms with Gasteiger partial charge in [-0.05, 0) is 18.1 Å². The lowest BCUT2D eigenvalue weighted by molar-refractivity contribution is 0.805. The molecule has 5 heteroatoms. The minimum Gasteiger partial charge on any atom is -0.336 e. The highest BCUT2D eigenvalue weighted by atomic mass is 32.2. The van der Waals surface area contributed by atoms with Crippen molar-refractivity contribution in [2.45, 2.75) is 24.3 Å². The van der Waals surface area contributed by atoms with Crippen LogP contribution in [-0.2, 0) is 12.2 Å². The maximum Gasteiger partial charge on any atom is 0.210 e. The van der Waals surface area contributed by atoms with Crippen molar-refractivity contribution in [3.8, 4) is 0 Å². The number of aryl methyl sites for hydroxylation is 1. The Labute approximate surface area is 134 Å². The molecule has 0 aliphatic carbocycles. The zero-order chi connectivity index (χ0) is 15.4. The number of nitrogens with two attached hydrogens (primary N) is 1. The maximum atomic E-state index is 6.12. The standard InChI is InChI=1S/C17H18N4S/c1-13-7-9-14(10-8-13)11-16-19-20-17(21(16)18)22-12-15-5-3-2-4-6-15/h2-10H,11-12,18H2,1H3. The van der Waals surface area contributed by atoms with Crippen LogP contribution in [0.15, 0.2) is 59.8 Å². The molecule has 2 aromatic carbocycles. The summed E-state index contributed by atoms with van der Waals surface area (Å²) in [5.41, 5.74) is 3.68. The third-order valence-corrected chi connectivity index (χ3v) is 4.44. The number of hydrogen-bond acceptors (Lipinski definition) is 4. The Kier molecular flexibility index (Phi) is 4.44. The van der Waals surface area contributed by atoms with Gasteiger partial charge < -0.3 is 5.84 Å². The fraction of sp³-hybridized carbons (Fsp3) is 0.176. The van der Waals surface area contributed by atoms with Crippen molar-refractivity contribution in [3.63, 3.8) is 0 Å². The minimum atomic E-state index is 0.690. The summed E-state index contributed by atoms with van der Waals surface area (Å²) in [6.45, 7) is 2.08. The van der Waals surface area contributed by atoms with Crippen LogP contribution in [0.4, 0.5) is 0 Å². The Morgan fingerprint density at radius 3 is 2.41 bits per heavy atom. The van der Waals surface area contributed by atoms with Gasteiger partial charge in [0.15, 0.2) is 5.82 Å². The number of aromatic nitrogens is 3. The lowest BCUT2D eigenvalue weighted by Gasteiger charge is -2.04. The van der Waals surface area contributed by atoms with Crippen molar-refractivity contribution in [1.82, 2.24) is 14.9 Å². The second-order valence-corrected chi connectivity index (χ2v) is 6.15. The van der Waals surface area contributed by atoms with E-state index in [4.69, 9.17) is 5.84 Å². The summed E-state index contributed by atoms with van der Waals surface area (Å²) < 4.78 is 1.59. The van der Waals surface area contributed by atoms with Crippen LogP contribution in [0.1, 0.15) is 22.5 Å². The summed E-state index contributed by atoms with van der Waals surface area (Å²) in [4.78, 5) is 0. The molecule has 22 heavy (non-hydrogen) atoms. The van der Waals surface area contributed by atoms with E-state index < -0.39 is 0 Å². The number of benzene rings is 2. The molecule has 0 saturated heterocycles. The van der Waals surface area contributed by atoms with Gasteiger partial charge in [0, 0.05) is 12.2 Å². The van der Waals surface area contributed by atoms with E-state index in [1.165, 1.54) is 16.7 Å². The highest BCUT2D eigenvalue weighted by molar-refractivity contribution is 7.98. The lowest BCUT2D eigenvalue weighted by Crippen LogP contribution is -2.14. The largest absolute Gasteiger partial charge is 0.336 e. The first-order valence-electron chi connectivity index (χ1n) is 7.14. The van der Waals surface area contributed by atoms with E-state index in [0.717, 1.165) is 16.7 Å². The van der Waals surface area contributed by atoms with Crippen LogP contribution in [0.5, 0.6) is 0 Å². The van der Waals surface area contributed by atoms with Crippen molar-refractivity contribution in [3.05, 3.63) is 77.1 Å². The molecule has 3 rings (SSSR count). The normalized spacial score (nSPS) is 10.8. The summed E-state index contributed by atoms with van der Waals surface area (Å²) in [6.07, 6.45) is 0.690. The van der Waals surface area contributed by atoms with Gasteiger partial charge in [-0.2, -0.15) is 0 Å². The molecule has 0 atom stereocenters. The van der Waals surface area contributed by atoms with E-state index >= 15 is 0 Å². The number of nitrogen functional groups attached to an aromatic ring is 1. The molecule has 1 aromatic heterocycles. The molecule has 0 aliphatic heterocycles. The Morgan fingerprint density at radius 1 is 0.955 bits per heavy atom. The minimum absolute atomic E-state index is 0.690. The van der Waals surface area contributed by atoms with Gasteiger partial charge in [-0.1, -0.05) is 71.9 Å². The van der Waals surface area contributed by atoms with E-state index in [9.17, 15) is 0 Å². The molecular weight excluding hydrogens is 292 g/mol. The summed E-state index contributed by atoms with van der Waals surface area (Å²) in [6, 6.07) is 18.7. The van der Waals surface area contributed by atoms with Gasteiger partial charge in [-0.15, -0.1) is 10.2 Å². The van der Waals surface area contributed by atoms with Crippen LogP contribution >= 0.6 is 11.8 Å². The molecule has 0 radical (unpaired) electrons. The van der Waals surface area contributed by atoms with Gasteiger partial charge in [0.1, 0.15) is 0 Å². The summed E-state index contributed by atoms with van der Waals surface area (Å²) in [5, 5.41) is 9.15. The van der Waals surface area contributed by atoms with E-state index in [1.807, 2.05) is 18.2 Å². The van der Waals surface area contributed by atoms with Crippen molar-refractivity contribution < 1.29 is 0 Å². The SMILES string of the molecule is Cc1ccc(Cc2nnc(SCc3ccccc3)n2N)cc1. The molecule has 0 unspecified atom stereocenters. The highest BCUT2D eigenvalue weighted by Gasteiger charge is 2.10. The molecule has 0 amide bonds. The average Bonchev–Trinajstić information content (AvgIpc) is 2.89. The van der Waals surface area contributed by atoms with Crippen LogP contribution in [0.25, 0.3) is 0 Å². The first-order chi connectivity index (χ1) is 10.7. The highest BCUT2D eigenvalue weighted by Crippen LogP contribution is 2.21. The lowest BCUT2D eigenvalue weighted by atomic mass is 10.1. The van der Waals surface area contributed by atoms with Gasteiger partial charge in [-0.25, -0.2) is 4.68 Å². The monoisotopic (exact) mass is 310 g/mol. The Bertz CT molecular complexity index is 735. The van der Waals surface area contributed by atoms with Crippen LogP contribution < -0.4 is 5.84 Å². The van der Waals surface area contributed by atoms with E-state index in [0.29, 0.717) is 6.42 Å². The first kappa shape index (κ1) is 14.7. The smallest absolute Gasteiger partial charge is 0.210 e. The predicted molar refractivity (Wildman–Crippen MR) is 90.2 cm³/mol. The van der Waals surface area contributed by atoms with Crippen LogP contribution in [0, 0.1) is 6.92 Å². The summed E-state index contributed by atoms with van der Waals surface area (Å²) in [5.74, 6) is 7.73. The van der Waals surface area contributed by atoms with Crippen LogP contribution in [-0.4, -0.2) is 14.9 Å². The van der Waals surface area contributed by atoms with Gasteiger partial charge >= 0.3 is 0 Å². The zero-order valence-corrected chi connectivity index (χ0v) is 13.3. The van der Waals surface area contributed by atoms with Crippen LogP contribution in [0.3, 0.4) is 0 Å². The predicted octanol–water partition coefficient (Wildman–Crippen LogP) is 3.18. The third kappa shape index (κ3) is 3.49. The van der Waals surface area contributed by atoms with Crippen molar-refractivity contribution in [1.29, 1.82) is 0 Å². The fourth-order valence-electron chi connectivity index (χ4n) is 2.14. The second-order valence-electron chi connectivity index (χ2n) is 5.21. The molecule has 0 saturated carbocycles. The van der Waals surface area contributed by atoms with E-state index in [-0.39, 0.29) is 0 Å². The number of thioether (sulfide) groups is 1. The number of hydrogen-bond donors (Lipinski definition) is 1. The fourth-order valence-corrected chi connectivity index (χ4v) is 2.97.